The van der Waals surface area contributed by atoms with Gasteiger partial charge in [0, 0.05) is 12.8 Å². The van der Waals surface area contributed by atoms with Gasteiger partial charge in [0.05, 0.1) is 12.6 Å². The zero-order chi connectivity index (χ0) is 14.7. The maximum absolute atomic E-state index is 5.22. The third-order valence-electron chi connectivity index (χ3n) is 4.37. The van der Waals surface area contributed by atoms with Gasteiger partial charge >= 0.3 is 0 Å². The Balaban J connectivity index is 1.82. The summed E-state index contributed by atoms with van der Waals surface area (Å²) in [6.45, 7) is 2.99. The second-order valence-corrected chi connectivity index (χ2v) is 5.94. The summed E-state index contributed by atoms with van der Waals surface area (Å²) in [6.07, 6.45) is 2.43. The molecule has 1 aliphatic rings. The van der Waals surface area contributed by atoms with Crippen molar-refractivity contribution < 1.29 is 4.74 Å². The minimum absolute atomic E-state index is 0.412. The van der Waals surface area contributed by atoms with E-state index in [9.17, 15) is 0 Å². The normalized spacial score (nSPS) is 20.9. The number of nitrogens with one attached hydrogen (secondary N) is 1. The van der Waals surface area contributed by atoms with Crippen LogP contribution in [0.4, 0.5) is 5.69 Å². The molecule has 0 bridgehead atoms. The van der Waals surface area contributed by atoms with Gasteiger partial charge in [-0.25, -0.2) is 0 Å². The Morgan fingerprint density at radius 2 is 1.86 bits per heavy atom. The van der Waals surface area contributed by atoms with Crippen LogP contribution in [0.1, 0.15) is 48.4 Å². The molecule has 2 heteroatoms. The summed E-state index contributed by atoms with van der Waals surface area (Å²) in [4.78, 5) is 0. The molecule has 2 nitrogen and oxygen atoms in total. The average molecular weight is 281 g/mol. The standard InChI is InChI=1S/C19H23NO/c1-14-10-11-19(18-9-4-3-8-17(14)18)20-16-7-5-6-15(12-16)13-21-2/h3-9,12,14,19-20H,10-11,13H2,1-2H3. The van der Waals surface area contributed by atoms with Crippen LogP contribution in [0.2, 0.25) is 0 Å². The molecule has 0 saturated heterocycles. The van der Waals surface area contributed by atoms with Crippen LogP contribution in [-0.2, 0) is 11.3 Å². The van der Waals surface area contributed by atoms with Crippen LogP contribution in [0.5, 0.6) is 0 Å². The summed E-state index contributed by atoms with van der Waals surface area (Å²) in [5.41, 5.74) is 5.33. The minimum atomic E-state index is 0.412. The van der Waals surface area contributed by atoms with Crippen LogP contribution < -0.4 is 5.32 Å². The van der Waals surface area contributed by atoms with Crippen molar-refractivity contribution in [1.82, 2.24) is 0 Å². The van der Waals surface area contributed by atoms with E-state index in [1.807, 2.05) is 0 Å². The molecule has 0 aliphatic heterocycles. The first kappa shape index (κ1) is 14.2. The van der Waals surface area contributed by atoms with Gasteiger partial charge in [0.15, 0.2) is 0 Å². The fourth-order valence-corrected chi connectivity index (χ4v) is 3.27. The number of ether oxygens (including phenoxy) is 1. The van der Waals surface area contributed by atoms with Crippen molar-refractivity contribution in [2.24, 2.45) is 0 Å². The van der Waals surface area contributed by atoms with E-state index in [-0.39, 0.29) is 0 Å². The molecule has 0 aromatic heterocycles. The van der Waals surface area contributed by atoms with Gasteiger partial charge in [-0.05, 0) is 47.6 Å². The Kier molecular flexibility index (Phi) is 4.26. The van der Waals surface area contributed by atoms with Crippen LogP contribution >= 0.6 is 0 Å². The summed E-state index contributed by atoms with van der Waals surface area (Å²) in [5, 5.41) is 3.70. The van der Waals surface area contributed by atoms with Gasteiger partial charge in [-0.3, -0.25) is 0 Å². The summed E-state index contributed by atoms with van der Waals surface area (Å²) in [7, 11) is 1.73. The minimum Gasteiger partial charge on any atom is -0.380 e. The van der Waals surface area contributed by atoms with Crippen molar-refractivity contribution in [3.05, 3.63) is 65.2 Å². The first-order valence-corrected chi connectivity index (χ1v) is 7.71. The van der Waals surface area contributed by atoms with Crippen molar-refractivity contribution >= 4 is 5.69 Å². The average Bonchev–Trinajstić information content (AvgIpc) is 2.51. The molecule has 110 valence electrons. The van der Waals surface area contributed by atoms with E-state index in [1.54, 1.807) is 7.11 Å². The van der Waals surface area contributed by atoms with E-state index in [2.05, 4.69) is 60.8 Å². The second kappa shape index (κ2) is 6.31. The molecule has 2 unspecified atom stereocenters. The third-order valence-corrected chi connectivity index (χ3v) is 4.37. The Morgan fingerprint density at radius 1 is 1.05 bits per heavy atom. The monoisotopic (exact) mass is 281 g/mol. The number of benzene rings is 2. The number of rotatable bonds is 4. The molecule has 1 aliphatic carbocycles. The summed E-state index contributed by atoms with van der Waals surface area (Å²) in [6, 6.07) is 17.8. The molecule has 0 radical (unpaired) electrons. The van der Waals surface area contributed by atoms with Crippen LogP contribution in [0, 0.1) is 0 Å². The van der Waals surface area contributed by atoms with E-state index in [1.165, 1.54) is 35.2 Å². The van der Waals surface area contributed by atoms with Gasteiger partial charge in [-0.2, -0.15) is 0 Å². The highest BCUT2D eigenvalue weighted by molar-refractivity contribution is 5.49. The van der Waals surface area contributed by atoms with E-state index < -0.39 is 0 Å². The highest BCUT2D eigenvalue weighted by Gasteiger charge is 2.24. The van der Waals surface area contributed by atoms with Gasteiger partial charge in [0.1, 0.15) is 0 Å². The molecule has 1 N–H and O–H groups in total. The van der Waals surface area contributed by atoms with Crippen LogP contribution in [0.15, 0.2) is 48.5 Å². The highest BCUT2D eigenvalue weighted by atomic mass is 16.5. The van der Waals surface area contributed by atoms with Crippen LogP contribution in [0.25, 0.3) is 0 Å². The lowest BCUT2D eigenvalue weighted by atomic mass is 9.81. The third kappa shape index (κ3) is 3.11. The van der Waals surface area contributed by atoms with Crippen LogP contribution in [-0.4, -0.2) is 7.11 Å². The number of fused-ring (bicyclic) bond motifs is 1. The summed E-state index contributed by atoms with van der Waals surface area (Å²) in [5.74, 6) is 0.666. The lowest BCUT2D eigenvalue weighted by Gasteiger charge is -2.31. The molecule has 2 atom stereocenters. The number of anilines is 1. The Labute approximate surface area is 127 Å². The maximum Gasteiger partial charge on any atom is 0.0713 e. The fraction of sp³-hybridized carbons (Fsp3) is 0.368. The second-order valence-electron chi connectivity index (χ2n) is 5.94. The summed E-state index contributed by atoms with van der Waals surface area (Å²) < 4.78 is 5.22. The molecule has 2 aromatic carbocycles. The zero-order valence-electron chi connectivity index (χ0n) is 12.8. The molecule has 2 aromatic rings. The lowest BCUT2D eigenvalue weighted by Crippen LogP contribution is -2.19. The quantitative estimate of drug-likeness (QED) is 0.862. The molecule has 0 heterocycles. The van der Waals surface area contributed by atoms with E-state index in [4.69, 9.17) is 4.74 Å². The highest BCUT2D eigenvalue weighted by Crippen LogP contribution is 2.38. The van der Waals surface area contributed by atoms with Gasteiger partial charge < -0.3 is 10.1 Å². The van der Waals surface area contributed by atoms with Crippen LogP contribution in [0.3, 0.4) is 0 Å². The first-order chi connectivity index (χ1) is 10.3. The Morgan fingerprint density at radius 3 is 2.67 bits per heavy atom. The molecule has 0 fully saturated rings. The van der Waals surface area contributed by atoms with E-state index >= 15 is 0 Å². The number of methoxy groups -OCH3 is 1. The smallest absolute Gasteiger partial charge is 0.0713 e. The van der Waals surface area contributed by atoms with Crippen molar-refractivity contribution in [1.29, 1.82) is 0 Å². The van der Waals surface area contributed by atoms with E-state index in [0.29, 0.717) is 18.6 Å². The molecular weight excluding hydrogens is 258 g/mol. The van der Waals surface area contributed by atoms with Gasteiger partial charge in [0.25, 0.3) is 0 Å². The van der Waals surface area contributed by atoms with Crippen molar-refractivity contribution in [2.45, 2.75) is 38.3 Å². The van der Waals surface area contributed by atoms with Gasteiger partial charge in [-0.1, -0.05) is 43.3 Å². The molecule has 3 rings (SSSR count). The fourth-order valence-electron chi connectivity index (χ4n) is 3.27. The molecule has 0 saturated carbocycles. The number of hydrogen-bond donors (Lipinski definition) is 1. The maximum atomic E-state index is 5.22. The van der Waals surface area contributed by atoms with E-state index in [0.717, 1.165) is 0 Å². The lowest BCUT2D eigenvalue weighted by molar-refractivity contribution is 0.185. The number of hydrogen-bond acceptors (Lipinski definition) is 2. The molecule has 21 heavy (non-hydrogen) atoms. The molecule has 0 amide bonds. The summed E-state index contributed by atoms with van der Waals surface area (Å²) >= 11 is 0. The topological polar surface area (TPSA) is 21.3 Å². The van der Waals surface area contributed by atoms with Gasteiger partial charge in [0.2, 0.25) is 0 Å². The SMILES string of the molecule is COCc1cccc(NC2CCC(C)c3ccccc32)c1. The van der Waals surface area contributed by atoms with Crippen molar-refractivity contribution in [3.63, 3.8) is 0 Å². The van der Waals surface area contributed by atoms with Crippen molar-refractivity contribution in [3.8, 4) is 0 Å². The first-order valence-electron chi connectivity index (χ1n) is 7.71. The molecule has 0 spiro atoms. The predicted molar refractivity (Wildman–Crippen MR) is 87.6 cm³/mol. The largest absolute Gasteiger partial charge is 0.380 e. The molecular formula is C19H23NO. The Bertz CT molecular complexity index is 608. The zero-order valence-corrected chi connectivity index (χ0v) is 12.8. The van der Waals surface area contributed by atoms with Gasteiger partial charge in [-0.15, -0.1) is 0 Å². The predicted octanol–water partition coefficient (Wildman–Crippen LogP) is 4.88. The van der Waals surface area contributed by atoms with Crippen molar-refractivity contribution in [2.75, 3.05) is 12.4 Å². The Hall–Kier alpha value is -1.80.